The third-order valence-corrected chi connectivity index (χ3v) is 4.44. The van der Waals surface area contributed by atoms with E-state index in [9.17, 15) is 4.39 Å². The van der Waals surface area contributed by atoms with Gasteiger partial charge in [0.15, 0.2) is 0 Å². The maximum absolute atomic E-state index is 12.6. The van der Waals surface area contributed by atoms with Crippen molar-refractivity contribution in [2.45, 2.75) is 0 Å². The summed E-state index contributed by atoms with van der Waals surface area (Å²) >= 11 is 6.19. The number of rotatable bonds is 1. The summed E-state index contributed by atoms with van der Waals surface area (Å²) in [5.74, 6) is -0.196. The monoisotopic (exact) mass is 276 g/mol. The van der Waals surface area contributed by atoms with E-state index in [1.807, 2.05) is 6.07 Å². The van der Waals surface area contributed by atoms with Crippen LogP contribution in [0.2, 0.25) is 0 Å². The van der Waals surface area contributed by atoms with Crippen LogP contribution >= 0.6 is 28.8 Å². The van der Waals surface area contributed by atoms with E-state index in [0.29, 0.717) is 4.47 Å². The van der Waals surface area contributed by atoms with Crippen LogP contribution in [0.1, 0.15) is 0 Å². The molecule has 1 aromatic carbocycles. The fourth-order valence-corrected chi connectivity index (χ4v) is 2.88. The van der Waals surface area contributed by atoms with Crippen LogP contribution in [-0.2, 0) is 0 Å². The lowest BCUT2D eigenvalue weighted by atomic mass is 10.3. The second-order valence-electron chi connectivity index (χ2n) is 1.88. The molecule has 0 aliphatic carbocycles. The first kappa shape index (κ1) is 8.97. The van der Waals surface area contributed by atoms with Gasteiger partial charge in [0, 0.05) is 0 Å². The van der Waals surface area contributed by atoms with Gasteiger partial charge in [-0.25, -0.2) is 4.39 Å². The lowest BCUT2D eigenvalue weighted by Gasteiger charge is -1.96. The minimum atomic E-state index is -0.330. The molecule has 0 heterocycles. The molecule has 1 aromatic rings. The topological polar surface area (TPSA) is 0 Å². The van der Waals surface area contributed by atoms with Gasteiger partial charge in [-0.1, -0.05) is 12.1 Å². The molecule has 0 saturated heterocycles. The molecule has 0 aromatic heterocycles. The zero-order valence-electron chi connectivity index (χ0n) is 5.07. The van der Waals surface area contributed by atoms with Crippen molar-refractivity contribution in [1.29, 1.82) is 0 Å². The van der Waals surface area contributed by atoms with E-state index < -0.39 is 0 Å². The minimum absolute atomic E-state index is 0.196. The second kappa shape index (κ2) is 4.04. The maximum atomic E-state index is 12.6. The first-order chi connectivity index (χ1) is 4.74. The van der Waals surface area contributed by atoms with Crippen LogP contribution in [0.15, 0.2) is 22.7 Å². The minimum Gasteiger partial charge on any atom is -0.296 e. The molecule has 0 atom stereocenters. The van der Waals surface area contributed by atoms with Crippen molar-refractivity contribution < 1.29 is 4.39 Å². The molecule has 0 nitrogen and oxygen atoms in total. The van der Waals surface area contributed by atoms with Crippen LogP contribution < -0.4 is 3.69 Å². The lowest BCUT2D eigenvalue weighted by molar-refractivity contribution is 0.621. The summed E-state index contributed by atoms with van der Waals surface area (Å²) in [6, 6.07) is 5.10. The maximum Gasteiger partial charge on any atom is 0.506 e. The van der Waals surface area contributed by atoms with Gasteiger partial charge in [-0.15, -0.1) is 0 Å². The zero-order valence-corrected chi connectivity index (χ0v) is 9.66. The fraction of sp³-hybridized carbons (Fsp3) is 0. The van der Waals surface area contributed by atoms with Crippen molar-refractivity contribution in [3.63, 3.8) is 0 Å². The highest BCUT2D eigenvalue weighted by Gasteiger charge is 1.99. The Morgan fingerprint density at radius 1 is 1.40 bits per heavy atom. The molecule has 0 amide bonds. The van der Waals surface area contributed by atoms with Crippen LogP contribution in [0.5, 0.6) is 0 Å². The lowest BCUT2D eigenvalue weighted by Crippen LogP contribution is -2.07. The van der Waals surface area contributed by atoms with E-state index >= 15 is 0 Å². The van der Waals surface area contributed by atoms with Gasteiger partial charge in [-0.3, -0.25) is 12.9 Å². The largest absolute Gasteiger partial charge is 0.506 e. The molecule has 10 heavy (non-hydrogen) atoms. The van der Waals surface area contributed by atoms with Crippen LogP contribution in [0, 0.1) is 5.82 Å². The molecular formula is C6H3Br2FMg. The Bertz CT molecular complexity index is 239. The first-order valence-electron chi connectivity index (χ1n) is 2.74. The molecule has 4 heteroatoms. The predicted octanol–water partition coefficient (Wildman–Crippen LogP) is 2.23. The molecule has 0 aliphatic heterocycles. The van der Waals surface area contributed by atoms with Gasteiger partial charge in [0.2, 0.25) is 0 Å². The van der Waals surface area contributed by atoms with E-state index in [2.05, 4.69) is 28.8 Å². The number of hydrogen-bond donors (Lipinski definition) is 0. The molecule has 0 N–H and O–H groups in total. The third kappa shape index (κ3) is 2.18. The highest BCUT2D eigenvalue weighted by molar-refractivity contribution is 9.23. The van der Waals surface area contributed by atoms with Crippen molar-refractivity contribution >= 4 is 50.7 Å². The molecule has 1 rings (SSSR count). The van der Waals surface area contributed by atoms with Gasteiger partial charge in [0.1, 0.15) is 5.82 Å². The second-order valence-corrected chi connectivity index (χ2v) is 5.50. The van der Waals surface area contributed by atoms with Gasteiger partial charge >= 0.3 is 18.2 Å². The molecule has 0 saturated carbocycles. The normalized spacial score (nSPS) is 9.10. The molecule has 0 bridgehead atoms. The van der Waals surface area contributed by atoms with Crippen LogP contribution in [0.25, 0.3) is 0 Å². The van der Waals surface area contributed by atoms with Crippen LogP contribution in [0.4, 0.5) is 4.39 Å². The highest BCUT2D eigenvalue weighted by Crippen LogP contribution is 2.11. The van der Waals surface area contributed by atoms with Crippen molar-refractivity contribution in [2.75, 3.05) is 0 Å². The Morgan fingerprint density at radius 3 is 2.60 bits per heavy atom. The van der Waals surface area contributed by atoms with Crippen molar-refractivity contribution in [3.8, 4) is 0 Å². The molecule has 0 aliphatic rings. The quantitative estimate of drug-likeness (QED) is 0.691. The summed E-state index contributed by atoms with van der Waals surface area (Å²) in [7, 11) is 0. The SMILES string of the molecule is Fc1cc[c]([Mg][Br])cc1Br. The van der Waals surface area contributed by atoms with Gasteiger partial charge in [-0.2, -0.15) is 3.69 Å². The highest BCUT2D eigenvalue weighted by atomic mass is 79.9. The van der Waals surface area contributed by atoms with Crippen LogP contribution in [0.3, 0.4) is 0 Å². The molecular weight excluding hydrogens is 275 g/mol. The number of hydrogen-bond acceptors (Lipinski definition) is 0. The van der Waals surface area contributed by atoms with E-state index in [1.54, 1.807) is 6.07 Å². The van der Waals surface area contributed by atoms with Gasteiger partial charge < -0.3 is 0 Å². The Kier molecular flexibility index (Phi) is 3.62. The number of benzene rings is 1. The van der Waals surface area contributed by atoms with Gasteiger partial charge in [0.25, 0.3) is 0 Å². The van der Waals surface area contributed by atoms with Gasteiger partial charge in [0.05, 0.1) is 4.47 Å². The standard InChI is InChI=1S/C6H3BrF.BrH.Mg/c7-5-3-1-2-4-6(5)8;;/h2-4H;1H;/q;;+1/p-1. The molecule has 0 unspecified atom stereocenters. The summed E-state index contributed by atoms with van der Waals surface area (Å²) in [6.07, 6.45) is 0. The summed E-state index contributed by atoms with van der Waals surface area (Å²) in [4.78, 5) is 0. The van der Waals surface area contributed by atoms with Crippen LogP contribution in [-0.4, -0.2) is 18.2 Å². The number of halogens is 3. The molecule has 50 valence electrons. The molecule has 0 radical (unpaired) electrons. The van der Waals surface area contributed by atoms with E-state index in [1.165, 1.54) is 9.76 Å². The summed E-state index contributed by atoms with van der Waals surface area (Å²) < 4.78 is 14.3. The van der Waals surface area contributed by atoms with Crippen molar-refractivity contribution in [3.05, 3.63) is 28.5 Å². The van der Waals surface area contributed by atoms with Crippen molar-refractivity contribution in [2.24, 2.45) is 0 Å². The Morgan fingerprint density at radius 2 is 2.10 bits per heavy atom. The Hall–Kier alpha value is 0.876. The average Bonchev–Trinajstić information content (AvgIpc) is 1.95. The zero-order chi connectivity index (χ0) is 7.56. The Labute approximate surface area is 82.9 Å². The first-order valence-corrected chi connectivity index (χ1v) is 8.14. The van der Waals surface area contributed by atoms with Crippen molar-refractivity contribution in [1.82, 2.24) is 0 Å². The smallest absolute Gasteiger partial charge is 0.296 e. The predicted molar refractivity (Wildman–Crippen MR) is 48.4 cm³/mol. The van der Waals surface area contributed by atoms with E-state index in [-0.39, 0.29) is 24.0 Å². The average molecular weight is 278 g/mol. The van der Waals surface area contributed by atoms with Gasteiger partial charge in [-0.05, 0) is 22.0 Å². The summed E-state index contributed by atoms with van der Waals surface area (Å²) in [6.45, 7) is 0. The summed E-state index contributed by atoms with van der Waals surface area (Å²) in [5.41, 5.74) is 0. The van der Waals surface area contributed by atoms with E-state index in [0.717, 1.165) is 0 Å². The third-order valence-electron chi connectivity index (χ3n) is 1.14. The Balaban J connectivity index is 3.04. The van der Waals surface area contributed by atoms with E-state index in [4.69, 9.17) is 0 Å². The molecule has 0 spiro atoms. The fourth-order valence-electron chi connectivity index (χ4n) is 0.623. The summed E-state index contributed by atoms with van der Waals surface area (Å²) in [5, 5.41) is 0. The molecule has 0 fully saturated rings.